The second kappa shape index (κ2) is 20.0. The molecule has 0 amide bonds. The molecule has 0 heterocycles. The summed E-state index contributed by atoms with van der Waals surface area (Å²) in [5.41, 5.74) is 3.68. The standard InChI is InChI=1S/C39H52O5S/c1-6-9-10-11-12-13-14-15-16-27-42-35-23-21-32(22-24-35)31-17-19-33(20-18-31)39(41)45-37-26-25-36(28-29(37)4)43-30(5)38(40)44-34(7-2)8-3/h17-26,28,30,34H,6-16,27H2,1-5H3. The molecule has 3 aromatic carbocycles. The van der Waals surface area contributed by atoms with E-state index in [0.717, 1.165) is 53.2 Å². The summed E-state index contributed by atoms with van der Waals surface area (Å²) >= 11 is 1.19. The van der Waals surface area contributed by atoms with E-state index in [4.69, 9.17) is 14.2 Å². The van der Waals surface area contributed by atoms with Gasteiger partial charge in [-0.25, -0.2) is 4.79 Å². The minimum Gasteiger partial charge on any atom is -0.494 e. The second-order valence-electron chi connectivity index (χ2n) is 11.7. The maximum Gasteiger partial charge on any atom is 0.347 e. The zero-order chi connectivity index (χ0) is 32.4. The van der Waals surface area contributed by atoms with Crippen LogP contribution in [0, 0.1) is 6.92 Å². The van der Waals surface area contributed by atoms with Crippen LogP contribution < -0.4 is 9.47 Å². The molecule has 0 aliphatic heterocycles. The quantitative estimate of drug-likeness (QED) is 0.0701. The van der Waals surface area contributed by atoms with Crippen LogP contribution in [-0.4, -0.2) is 29.9 Å². The van der Waals surface area contributed by atoms with Crippen molar-refractivity contribution in [3.05, 3.63) is 77.9 Å². The Morgan fingerprint density at radius 2 is 1.27 bits per heavy atom. The molecule has 0 saturated heterocycles. The van der Waals surface area contributed by atoms with Gasteiger partial charge in [-0.1, -0.05) is 96.4 Å². The Hall–Kier alpha value is -3.25. The van der Waals surface area contributed by atoms with Gasteiger partial charge in [0, 0.05) is 10.5 Å². The summed E-state index contributed by atoms with van der Waals surface area (Å²) in [6, 6.07) is 21.4. The Morgan fingerprint density at radius 3 is 1.84 bits per heavy atom. The number of rotatable bonds is 20. The molecule has 1 atom stereocenters. The normalized spacial score (nSPS) is 11.8. The molecule has 0 fully saturated rings. The van der Waals surface area contributed by atoms with Crippen LogP contribution in [0.25, 0.3) is 11.1 Å². The van der Waals surface area contributed by atoms with Crippen molar-refractivity contribution in [2.45, 2.75) is 122 Å². The van der Waals surface area contributed by atoms with Gasteiger partial charge in [-0.3, -0.25) is 4.79 Å². The predicted octanol–water partition coefficient (Wildman–Crippen LogP) is 11.0. The highest BCUT2D eigenvalue weighted by atomic mass is 32.2. The number of hydrogen-bond donors (Lipinski definition) is 0. The molecule has 6 heteroatoms. The number of thioether (sulfide) groups is 1. The van der Waals surface area contributed by atoms with E-state index in [9.17, 15) is 9.59 Å². The summed E-state index contributed by atoms with van der Waals surface area (Å²) in [4.78, 5) is 26.3. The Morgan fingerprint density at radius 1 is 0.711 bits per heavy atom. The maximum absolute atomic E-state index is 13.1. The van der Waals surface area contributed by atoms with Gasteiger partial charge in [-0.15, -0.1) is 0 Å². The Balaban J connectivity index is 1.44. The molecule has 0 aromatic heterocycles. The van der Waals surface area contributed by atoms with Crippen molar-refractivity contribution >= 4 is 22.8 Å². The minimum absolute atomic E-state index is 0.0271. The first-order chi connectivity index (χ1) is 21.8. The zero-order valence-electron chi connectivity index (χ0n) is 27.9. The van der Waals surface area contributed by atoms with Gasteiger partial charge >= 0.3 is 5.97 Å². The predicted molar refractivity (Wildman–Crippen MR) is 187 cm³/mol. The monoisotopic (exact) mass is 632 g/mol. The van der Waals surface area contributed by atoms with Crippen LogP contribution in [0.5, 0.6) is 11.5 Å². The lowest BCUT2D eigenvalue weighted by Gasteiger charge is -2.19. The molecule has 0 bridgehead atoms. The van der Waals surface area contributed by atoms with E-state index in [0.29, 0.717) is 11.3 Å². The number of esters is 1. The van der Waals surface area contributed by atoms with Gasteiger partial charge in [0.05, 0.1) is 6.61 Å². The van der Waals surface area contributed by atoms with Crippen LogP contribution in [0.15, 0.2) is 71.6 Å². The van der Waals surface area contributed by atoms with Gasteiger partial charge in [0.15, 0.2) is 6.10 Å². The topological polar surface area (TPSA) is 61.8 Å². The summed E-state index contributed by atoms with van der Waals surface area (Å²) in [5.74, 6) is 1.10. The van der Waals surface area contributed by atoms with E-state index in [1.54, 1.807) is 13.0 Å². The molecule has 0 saturated carbocycles. The first kappa shape index (κ1) is 36.2. The van der Waals surface area contributed by atoms with E-state index < -0.39 is 6.10 Å². The number of carbonyl (C=O) groups excluding carboxylic acids is 2. The highest BCUT2D eigenvalue weighted by molar-refractivity contribution is 8.14. The molecule has 3 aromatic rings. The Labute approximate surface area is 275 Å². The van der Waals surface area contributed by atoms with Crippen LogP contribution >= 0.6 is 11.8 Å². The van der Waals surface area contributed by atoms with Crippen LogP contribution in [0.1, 0.15) is 114 Å². The fourth-order valence-corrected chi connectivity index (χ4v) is 5.89. The molecule has 0 spiro atoms. The number of aryl methyl sites for hydroxylation is 1. The Kier molecular flexibility index (Phi) is 16.1. The number of carbonyl (C=O) groups is 2. The molecule has 0 N–H and O–H groups in total. The summed E-state index contributed by atoms with van der Waals surface area (Å²) in [5, 5.41) is -0.0271. The fraction of sp³-hybridized carbons (Fsp3) is 0.487. The van der Waals surface area contributed by atoms with Gasteiger partial charge < -0.3 is 14.2 Å². The molecular weight excluding hydrogens is 580 g/mol. The van der Waals surface area contributed by atoms with E-state index in [2.05, 4.69) is 19.1 Å². The number of ether oxygens (including phenoxy) is 3. The molecule has 3 rings (SSSR count). The highest BCUT2D eigenvalue weighted by Crippen LogP contribution is 2.30. The third kappa shape index (κ3) is 12.6. The number of benzene rings is 3. The average molecular weight is 633 g/mol. The SMILES string of the molecule is CCCCCCCCCCCOc1ccc(-c2ccc(C(=O)Sc3ccc(OC(C)C(=O)OC(CC)CC)cc3C)cc2)cc1. The minimum atomic E-state index is -0.711. The second-order valence-corrected chi connectivity index (χ2v) is 12.7. The van der Waals surface area contributed by atoms with Crippen molar-refractivity contribution < 1.29 is 23.8 Å². The van der Waals surface area contributed by atoms with Crippen molar-refractivity contribution in [3.63, 3.8) is 0 Å². The van der Waals surface area contributed by atoms with Crippen LogP contribution in [0.2, 0.25) is 0 Å². The Bertz CT molecular complexity index is 1300. The molecule has 0 aliphatic carbocycles. The lowest BCUT2D eigenvalue weighted by Crippen LogP contribution is -2.29. The van der Waals surface area contributed by atoms with E-state index in [1.165, 1.54) is 63.1 Å². The van der Waals surface area contributed by atoms with Crippen molar-refractivity contribution in [3.8, 4) is 22.6 Å². The lowest BCUT2D eigenvalue weighted by molar-refractivity contribution is -0.157. The fourth-order valence-electron chi connectivity index (χ4n) is 5.08. The van der Waals surface area contributed by atoms with Crippen molar-refractivity contribution in [2.24, 2.45) is 0 Å². The van der Waals surface area contributed by atoms with Gasteiger partial charge in [0.2, 0.25) is 5.12 Å². The summed E-state index contributed by atoms with van der Waals surface area (Å²) in [6.07, 6.45) is 12.5. The van der Waals surface area contributed by atoms with E-state index in [-0.39, 0.29) is 17.2 Å². The molecule has 0 aliphatic rings. The third-order valence-electron chi connectivity index (χ3n) is 8.01. The van der Waals surface area contributed by atoms with Crippen LogP contribution in [0.3, 0.4) is 0 Å². The smallest absolute Gasteiger partial charge is 0.347 e. The molecule has 1 unspecified atom stereocenters. The average Bonchev–Trinajstić information content (AvgIpc) is 3.06. The first-order valence-corrected chi connectivity index (χ1v) is 17.7. The third-order valence-corrected chi connectivity index (χ3v) is 9.11. The van der Waals surface area contributed by atoms with Crippen LogP contribution in [-0.2, 0) is 9.53 Å². The van der Waals surface area contributed by atoms with Gasteiger partial charge in [0.1, 0.15) is 17.6 Å². The van der Waals surface area contributed by atoms with Crippen molar-refractivity contribution in [1.82, 2.24) is 0 Å². The summed E-state index contributed by atoms with van der Waals surface area (Å²) in [7, 11) is 0. The molecular formula is C39H52O5S. The number of hydrogen-bond acceptors (Lipinski definition) is 6. The molecule has 244 valence electrons. The zero-order valence-corrected chi connectivity index (χ0v) is 28.8. The van der Waals surface area contributed by atoms with Crippen molar-refractivity contribution in [1.29, 1.82) is 0 Å². The van der Waals surface area contributed by atoms with Crippen molar-refractivity contribution in [2.75, 3.05) is 6.61 Å². The maximum atomic E-state index is 13.1. The highest BCUT2D eigenvalue weighted by Gasteiger charge is 2.20. The largest absolute Gasteiger partial charge is 0.494 e. The summed E-state index contributed by atoms with van der Waals surface area (Å²) < 4.78 is 17.3. The van der Waals surface area contributed by atoms with Crippen LogP contribution in [0.4, 0.5) is 0 Å². The molecule has 5 nitrogen and oxygen atoms in total. The van der Waals surface area contributed by atoms with Gasteiger partial charge in [0.25, 0.3) is 0 Å². The van der Waals surface area contributed by atoms with E-state index >= 15 is 0 Å². The molecule has 0 radical (unpaired) electrons. The summed E-state index contributed by atoms with van der Waals surface area (Å²) in [6.45, 7) is 10.6. The van der Waals surface area contributed by atoms with E-state index in [1.807, 2.05) is 69.3 Å². The van der Waals surface area contributed by atoms with Gasteiger partial charge in [-0.05, 0) is 104 Å². The lowest BCUT2D eigenvalue weighted by atomic mass is 10.0. The first-order valence-electron chi connectivity index (χ1n) is 16.9. The van der Waals surface area contributed by atoms with Gasteiger partial charge in [-0.2, -0.15) is 0 Å². The number of unbranched alkanes of at least 4 members (excludes halogenated alkanes) is 8. The molecule has 45 heavy (non-hydrogen) atoms.